The average Bonchev–Trinajstić information content (AvgIpc) is 3.86. The van der Waals surface area contributed by atoms with Crippen LogP contribution in [0.1, 0.15) is 25.0 Å². The summed E-state index contributed by atoms with van der Waals surface area (Å²) in [6, 6.07) is 64.0. The van der Waals surface area contributed by atoms with Gasteiger partial charge in [-0.3, -0.25) is 0 Å². The molecule has 2 nitrogen and oxygen atoms in total. The Labute approximate surface area is 318 Å². The quantitative estimate of drug-likeness (QED) is 0.177. The number of furan rings is 1. The Morgan fingerprint density at radius 2 is 1.11 bits per heavy atom. The van der Waals surface area contributed by atoms with Crippen molar-refractivity contribution in [1.29, 1.82) is 0 Å². The first-order valence-corrected chi connectivity index (χ1v) is 19.4. The lowest BCUT2D eigenvalue weighted by molar-refractivity contribution is 0.660. The molecular formula is C51H35NOS. The van der Waals surface area contributed by atoms with E-state index in [0.717, 1.165) is 39.2 Å². The summed E-state index contributed by atoms with van der Waals surface area (Å²) in [7, 11) is 0. The van der Waals surface area contributed by atoms with Crippen LogP contribution in [-0.4, -0.2) is 0 Å². The zero-order chi connectivity index (χ0) is 36.0. The highest BCUT2D eigenvalue weighted by atomic mass is 32.1. The maximum atomic E-state index is 7.07. The van der Waals surface area contributed by atoms with Crippen LogP contribution >= 0.6 is 11.3 Å². The van der Waals surface area contributed by atoms with E-state index in [1.54, 1.807) is 0 Å². The first-order chi connectivity index (χ1) is 26.5. The second kappa shape index (κ2) is 11.8. The number of anilines is 3. The fourth-order valence-corrected chi connectivity index (χ4v) is 9.94. The molecule has 3 heteroatoms. The van der Waals surface area contributed by atoms with E-state index < -0.39 is 0 Å². The van der Waals surface area contributed by atoms with Gasteiger partial charge in [-0.05, 0) is 99.1 Å². The summed E-state index contributed by atoms with van der Waals surface area (Å²) in [4.78, 5) is 2.41. The van der Waals surface area contributed by atoms with E-state index >= 15 is 0 Å². The first-order valence-electron chi connectivity index (χ1n) is 18.6. The summed E-state index contributed by atoms with van der Waals surface area (Å²) in [5, 5.41) is 4.82. The summed E-state index contributed by atoms with van der Waals surface area (Å²) >= 11 is 1.85. The predicted octanol–water partition coefficient (Wildman–Crippen LogP) is 15.1. The number of hydrogen-bond acceptors (Lipinski definition) is 3. The minimum Gasteiger partial charge on any atom is -0.454 e. The maximum absolute atomic E-state index is 7.07. The Hall–Kier alpha value is -6.42. The number of fused-ring (bicyclic) bond motifs is 10. The largest absolute Gasteiger partial charge is 0.454 e. The Kier molecular flexibility index (Phi) is 6.80. The van der Waals surface area contributed by atoms with E-state index in [4.69, 9.17) is 4.42 Å². The molecule has 2 heterocycles. The Morgan fingerprint density at radius 3 is 1.91 bits per heavy atom. The van der Waals surface area contributed by atoms with Crippen LogP contribution in [-0.2, 0) is 5.41 Å². The van der Waals surface area contributed by atoms with Gasteiger partial charge in [0.25, 0.3) is 0 Å². The molecule has 0 saturated heterocycles. The molecule has 0 N–H and O–H groups in total. The van der Waals surface area contributed by atoms with Gasteiger partial charge in [-0.1, -0.05) is 135 Å². The lowest BCUT2D eigenvalue weighted by Crippen LogP contribution is -2.16. The molecule has 0 fully saturated rings. The van der Waals surface area contributed by atoms with E-state index in [-0.39, 0.29) is 5.41 Å². The van der Waals surface area contributed by atoms with E-state index in [0.29, 0.717) is 0 Å². The van der Waals surface area contributed by atoms with Gasteiger partial charge in [-0.2, -0.15) is 0 Å². The lowest BCUT2D eigenvalue weighted by Gasteiger charge is -2.28. The topological polar surface area (TPSA) is 16.4 Å². The van der Waals surface area contributed by atoms with Gasteiger partial charge >= 0.3 is 0 Å². The van der Waals surface area contributed by atoms with Crippen molar-refractivity contribution in [3.8, 4) is 33.4 Å². The molecule has 10 aromatic rings. The minimum atomic E-state index is -0.142. The highest BCUT2D eigenvalue weighted by molar-refractivity contribution is 7.26. The average molecular weight is 710 g/mol. The molecule has 0 atom stereocenters. The molecule has 1 aliphatic rings. The van der Waals surface area contributed by atoms with E-state index in [2.05, 4.69) is 195 Å². The molecule has 1 aliphatic carbocycles. The fraction of sp³-hybridized carbons (Fsp3) is 0.0588. The van der Waals surface area contributed by atoms with Crippen molar-refractivity contribution in [3.05, 3.63) is 187 Å². The molecule has 0 bridgehead atoms. The second-order valence-electron chi connectivity index (χ2n) is 14.9. The molecule has 0 amide bonds. The van der Waals surface area contributed by atoms with Crippen molar-refractivity contribution in [1.82, 2.24) is 0 Å². The van der Waals surface area contributed by atoms with Crippen molar-refractivity contribution < 1.29 is 4.42 Å². The molecule has 8 aromatic carbocycles. The Bertz CT molecular complexity index is 3060. The lowest BCUT2D eigenvalue weighted by atomic mass is 9.82. The normalized spacial score (nSPS) is 13.1. The smallest absolute Gasteiger partial charge is 0.159 e. The third-order valence-corrected chi connectivity index (χ3v) is 12.6. The number of rotatable bonds is 5. The Morgan fingerprint density at radius 1 is 0.463 bits per heavy atom. The molecule has 0 radical (unpaired) electrons. The van der Waals surface area contributed by atoms with Crippen LogP contribution in [0, 0.1) is 0 Å². The SMILES string of the molecule is CC1(C)c2ccccc2-c2ccc(N(c3ccc(-c4ccccc4)cc3)c3cc(-c4ccccc4)cc4c3oc3ccc5sc6ccccc6c5c34)cc21. The third-order valence-electron chi connectivity index (χ3n) is 11.5. The highest BCUT2D eigenvalue weighted by Crippen LogP contribution is 2.52. The third kappa shape index (κ3) is 4.65. The number of hydrogen-bond donors (Lipinski definition) is 0. The summed E-state index contributed by atoms with van der Waals surface area (Å²) in [5.74, 6) is 0. The van der Waals surface area contributed by atoms with Gasteiger partial charge < -0.3 is 9.32 Å². The van der Waals surface area contributed by atoms with E-state index in [1.807, 2.05) is 11.3 Å². The molecule has 54 heavy (non-hydrogen) atoms. The molecule has 2 aromatic heterocycles. The van der Waals surface area contributed by atoms with E-state index in [9.17, 15) is 0 Å². The van der Waals surface area contributed by atoms with Crippen molar-refractivity contribution in [2.45, 2.75) is 19.3 Å². The van der Waals surface area contributed by atoms with Gasteiger partial charge in [0.05, 0.1) is 5.69 Å². The first kappa shape index (κ1) is 31.1. The summed E-state index contributed by atoms with van der Waals surface area (Å²) in [6.45, 7) is 4.70. The zero-order valence-corrected chi connectivity index (χ0v) is 30.8. The van der Waals surface area contributed by atoms with Crippen molar-refractivity contribution in [2.75, 3.05) is 4.90 Å². The van der Waals surface area contributed by atoms with Gasteiger partial charge in [0.15, 0.2) is 5.58 Å². The fourth-order valence-electron chi connectivity index (χ4n) is 8.82. The van der Waals surface area contributed by atoms with Crippen LogP contribution in [0.25, 0.3) is 75.5 Å². The maximum Gasteiger partial charge on any atom is 0.159 e. The number of benzene rings is 8. The molecule has 256 valence electrons. The van der Waals surface area contributed by atoms with E-state index in [1.165, 1.54) is 64.5 Å². The van der Waals surface area contributed by atoms with Gasteiger partial charge in [-0.15, -0.1) is 11.3 Å². The standard InChI is InChI=1S/C51H35NOS/c1-51(2)42-19-11-9-17-38(42)39-26-25-37(31-43(39)51)52(36-23-21-34(22-24-36)32-13-5-3-6-14-32)44-30-35(33-15-7-4-8-16-33)29-41-48-45(53-50(41)44)27-28-47-49(48)40-18-10-12-20-46(40)54-47/h3-31H,1-2H3. The van der Waals surface area contributed by atoms with Gasteiger partial charge in [0.1, 0.15) is 5.58 Å². The van der Waals surface area contributed by atoms with Crippen LogP contribution in [0.15, 0.2) is 180 Å². The summed E-state index contributed by atoms with van der Waals surface area (Å²) in [5.41, 5.74) is 14.8. The van der Waals surface area contributed by atoms with Gasteiger partial charge in [-0.25, -0.2) is 0 Å². The second-order valence-corrected chi connectivity index (χ2v) is 16.0. The van der Waals surface area contributed by atoms with Gasteiger partial charge in [0.2, 0.25) is 0 Å². The molecule has 11 rings (SSSR count). The molecule has 0 unspecified atom stereocenters. The highest BCUT2D eigenvalue weighted by Gasteiger charge is 2.36. The van der Waals surface area contributed by atoms with Crippen LogP contribution in [0.2, 0.25) is 0 Å². The van der Waals surface area contributed by atoms with Crippen molar-refractivity contribution >= 4 is 70.5 Å². The van der Waals surface area contributed by atoms with Crippen LogP contribution in [0.4, 0.5) is 17.1 Å². The zero-order valence-electron chi connectivity index (χ0n) is 30.0. The molecule has 0 saturated carbocycles. The monoisotopic (exact) mass is 709 g/mol. The van der Waals surface area contributed by atoms with Crippen LogP contribution in [0.5, 0.6) is 0 Å². The Balaban J connectivity index is 1.22. The number of nitrogens with zero attached hydrogens (tertiary/aromatic N) is 1. The summed E-state index contributed by atoms with van der Waals surface area (Å²) < 4.78 is 9.62. The minimum absolute atomic E-state index is 0.142. The van der Waals surface area contributed by atoms with Crippen LogP contribution < -0.4 is 4.90 Å². The molecule has 0 aliphatic heterocycles. The van der Waals surface area contributed by atoms with Crippen molar-refractivity contribution in [2.24, 2.45) is 0 Å². The van der Waals surface area contributed by atoms with Crippen LogP contribution in [0.3, 0.4) is 0 Å². The molecular weight excluding hydrogens is 675 g/mol. The molecule has 0 spiro atoms. The summed E-state index contributed by atoms with van der Waals surface area (Å²) in [6.07, 6.45) is 0. The van der Waals surface area contributed by atoms with Crippen molar-refractivity contribution in [3.63, 3.8) is 0 Å². The number of thiophene rings is 1. The predicted molar refractivity (Wildman–Crippen MR) is 230 cm³/mol. The van der Waals surface area contributed by atoms with Gasteiger partial charge in [0, 0.05) is 47.7 Å².